The van der Waals surface area contributed by atoms with Crippen molar-refractivity contribution in [2.45, 2.75) is 6.54 Å². The van der Waals surface area contributed by atoms with Gasteiger partial charge in [0.1, 0.15) is 5.82 Å². The number of aromatic nitrogens is 4. The maximum absolute atomic E-state index is 15.0. The Kier molecular flexibility index (Phi) is 3.98. The van der Waals surface area contributed by atoms with Gasteiger partial charge in [-0.25, -0.2) is 14.4 Å². The second-order valence-electron chi connectivity index (χ2n) is 7.07. The Bertz CT molecular complexity index is 1430. The van der Waals surface area contributed by atoms with Gasteiger partial charge in [-0.3, -0.25) is 9.36 Å². The summed E-state index contributed by atoms with van der Waals surface area (Å²) in [6, 6.07) is 14.7. The Balaban J connectivity index is 1.58. The first-order chi connectivity index (χ1) is 14.1. The highest BCUT2D eigenvalue weighted by Gasteiger charge is 2.12. The molecule has 0 radical (unpaired) electrons. The van der Waals surface area contributed by atoms with Crippen molar-refractivity contribution in [1.29, 1.82) is 0 Å². The predicted molar refractivity (Wildman–Crippen MR) is 111 cm³/mol. The molecule has 0 fully saturated rings. The molecular weight excluding hydrogens is 367 g/mol. The quantitative estimate of drug-likeness (QED) is 0.470. The summed E-state index contributed by atoms with van der Waals surface area (Å²) in [5.74, 6) is -0.351. The Hall–Kier alpha value is -3.80. The summed E-state index contributed by atoms with van der Waals surface area (Å²) in [6.45, 7) is 0.116. The van der Waals surface area contributed by atoms with Gasteiger partial charge in [-0.15, -0.1) is 0 Å². The highest BCUT2D eigenvalue weighted by Crippen LogP contribution is 2.30. The number of halogens is 1. The van der Waals surface area contributed by atoms with Gasteiger partial charge >= 0.3 is 0 Å². The van der Waals surface area contributed by atoms with Crippen LogP contribution in [0.3, 0.4) is 0 Å². The van der Waals surface area contributed by atoms with E-state index in [2.05, 4.69) is 9.97 Å². The van der Waals surface area contributed by atoms with E-state index in [1.165, 1.54) is 16.8 Å². The Morgan fingerprint density at radius 2 is 1.93 bits per heavy atom. The van der Waals surface area contributed by atoms with Crippen LogP contribution in [0, 0.1) is 5.82 Å². The van der Waals surface area contributed by atoms with Crippen LogP contribution in [0.15, 0.2) is 78.1 Å². The average Bonchev–Trinajstić information content (AvgIpc) is 3.11. The second kappa shape index (κ2) is 6.67. The fourth-order valence-electron chi connectivity index (χ4n) is 3.73. The lowest BCUT2D eigenvalue weighted by molar-refractivity contribution is 0.599. The lowest BCUT2D eigenvalue weighted by Gasteiger charge is -2.11. The predicted octanol–water partition coefficient (Wildman–Crippen LogP) is 4.14. The van der Waals surface area contributed by atoms with E-state index in [0.29, 0.717) is 16.7 Å². The fraction of sp³-hybridized carbons (Fsp3) is 0.0870. The van der Waals surface area contributed by atoms with Crippen LogP contribution in [0.2, 0.25) is 0 Å². The molecule has 0 aliphatic rings. The van der Waals surface area contributed by atoms with Gasteiger partial charge in [0, 0.05) is 36.6 Å². The molecular formula is C23H17FN4O. The number of rotatable bonds is 3. The van der Waals surface area contributed by atoms with Gasteiger partial charge in [0.15, 0.2) is 5.65 Å². The third-order valence-corrected chi connectivity index (χ3v) is 5.13. The van der Waals surface area contributed by atoms with Crippen LogP contribution in [-0.2, 0) is 13.6 Å². The second-order valence-corrected chi connectivity index (χ2v) is 7.07. The van der Waals surface area contributed by atoms with Crippen molar-refractivity contribution in [1.82, 2.24) is 19.1 Å². The SMILES string of the molecule is Cn1cc2cccc(-c3ccc(Cn4c(=O)cnc5ncccc54)c(F)c3)c2c1. The van der Waals surface area contributed by atoms with Crippen molar-refractivity contribution in [3.8, 4) is 11.1 Å². The minimum atomic E-state index is -0.351. The Morgan fingerprint density at radius 1 is 1.03 bits per heavy atom. The molecule has 3 heterocycles. The molecule has 142 valence electrons. The number of aryl methyl sites for hydroxylation is 1. The van der Waals surface area contributed by atoms with Crippen molar-refractivity contribution in [3.05, 3.63) is 95.1 Å². The largest absolute Gasteiger partial charge is 0.356 e. The van der Waals surface area contributed by atoms with E-state index in [0.717, 1.165) is 21.9 Å². The van der Waals surface area contributed by atoms with Gasteiger partial charge in [-0.1, -0.05) is 30.3 Å². The van der Waals surface area contributed by atoms with Crippen molar-refractivity contribution in [3.63, 3.8) is 0 Å². The first-order valence-corrected chi connectivity index (χ1v) is 9.24. The Morgan fingerprint density at radius 3 is 2.79 bits per heavy atom. The first kappa shape index (κ1) is 17.3. The van der Waals surface area contributed by atoms with E-state index < -0.39 is 0 Å². The summed E-state index contributed by atoms with van der Waals surface area (Å²) >= 11 is 0. The molecule has 0 bridgehead atoms. The number of nitrogens with zero attached hydrogens (tertiary/aromatic N) is 4. The van der Waals surface area contributed by atoms with Crippen LogP contribution in [-0.4, -0.2) is 19.1 Å². The number of hydrogen-bond acceptors (Lipinski definition) is 3. The highest BCUT2D eigenvalue weighted by molar-refractivity contribution is 5.96. The molecule has 0 unspecified atom stereocenters. The van der Waals surface area contributed by atoms with Gasteiger partial charge < -0.3 is 4.57 Å². The zero-order chi connectivity index (χ0) is 20.0. The smallest absolute Gasteiger partial charge is 0.269 e. The summed E-state index contributed by atoms with van der Waals surface area (Å²) in [6.07, 6.45) is 6.91. The van der Waals surface area contributed by atoms with Crippen LogP contribution in [0.5, 0.6) is 0 Å². The van der Waals surface area contributed by atoms with Crippen LogP contribution in [0.4, 0.5) is 4.39 Å². The van der Waals surface area contributed by atoms with Gasteiger partial charge in [-0.2, -0.15) is 0 Å². The van der Waals surface area contributed by atoms with Crippen molar-refractivity contribution >= 4 is 21.9 Å². The van der Waals surface area contributed by atoms with Crippen LogP contribution < -0.4 is 5.56 Å². The molecule has 0 N–H and O–H groups in total. The maximum atomic E-state index is 15.0. The fourth-order valence-corrected chi connectivity index (χ4v) is 3.73. The molecule has 6 heteroatoms. The van der Waals surface area contributed by atoms with Crippen molar-refractivity contribution in [2.24, 2.45) is 7.05 Å². The molecule has 0 atom stereocenters. The van der Waals surface area contributed by atoms with E-state index in [1.807, 2.05) is 48.3 Å². The van der Waals surface area contributed by atoms with Gasteiger partial charge in [0.05, 0.1) is 18.3 Å². The summed E-state index contributed by atoms with van der Waals surface area (Å²) < 4.78 is 18.5. The standard InChI is InChI=1S/C23H17FN4O/c1-27-12-16-4-2-5-18(19(16)14-27)15-7-8-17(20(24)10-15)13-28-21-6-3-9-25-23(21)26-11-22(28)29/h2-12,14H,13H2,1H3. The van der Waals surface area contributed by atoms with Crippen LogP contribution >= 0.6 is 0 Å². The normalized spacial score (nSPS) is 11.4. The molecule has 0 amide bonds. The summed E-state index contributed by atoms with van der Waals surface area (Å²) in [5.41, 5.74) is 2.97. The van der Waals surface area contributed by atoms with Crippen molar-refractivity contribution < 1.29 is 4.39 Å². The molecule has 0 spiro atoms. The Labute approximate surface area is 165 Å². The lowest BCUT2D eigenvalue weighted by Crippen LogP contribution is -2.21. The number of fused-ring (bicyclic) bond motifs is 2. The average molecular weight is 384 g/mol. The zero-order valence-electron chi connectivity index (χ0n) is 15.7. The highest BCUT2D eigenvalue weighted by atomic mass is 19.1. The first-order valence-electron chi connectivity index (χ1n) is 9.24. The third kappa shape index (κ3) is 2.99. The van der Waals surface area contributed by atoms with Gasteiger partial charge in [0.25, 0.3) is 5.56 Å². The number of pyridine rings is 1. The molecule has 5 rings (SSSR count). The maximum Gasteiger partial charge on any atom is 0.269 e. The monoisotopic (exact) mass is 384 g/mol. The van der Waals surface area contributed by atoms with Gasteiger partial charge in [-0.05, 0) is 34.7 Å². The molecule has 29 heavy (non-hydrogen) atoms. The van der Waals surface area contributed by atoms with Crippen molar-refractivity contribution in [2.75, 3.05) is 0 Å². The van der Waals surface area contributed by atoms with Crippen LogP contribution in [0.1, 0.15) is 5.56 Å². The van der Waals surface area contributed by atoms with Crippen LogP contribution in [0.25, 0.3) is 33.1 Å². The summed E-state index contributed by atoms with van der Waals surface area (Å²) in [5, 5.41) is 2.18. The molecule has 5 nitrogen and oxygen atoms in total. The molecule has 0 aliphatic carbocycles. The topological polar surface area (TPSA) is 52.7 Å². The molecule has 2 aromatic carbocycles. The molecule has 0 saturated heterocycles. The van der Waals surface area contributed by atoms with E-state index in [4.69, 9.17) is 0 Å². The molecule has 0 aliphatic heterocycles. The number of benzene rings is 2. The molecule has 5 aromatic rings. The van der Waals surface area contributed by atoms with Gasteiger partial charge in [0.2, 0.25) is 0 Å². The van der Waals surface area contributed by atoms with E-state index in [1.54, 1.807) is 24.4 Å². The molecule has 0 saturated carbocycles. The lowest BCUT2D eigenvalue weighted by atomic mass is 9.99. The third-order valence-electron chi connectivity index (χ3n) is 5.13. The zero-order valence-corrected chi connectivity index (χ0v) is 15.7. The number of hydrogen-bond donors (Lipinski definition) is 0. The summed E-state index contributed by atoms with van der Waals surface area (Å²) in [4.78, 5) is 20.5. The minimum Gasteiger partial charge on any atom is -0.356 e. The minimum absolute atomic E-state index is 0.116. The van der Waals surface area contributed by atoms with E-state index >= 15 is 4.39 Å². The van der Waals surface area contributed by atoms with E-state index in [9.17, 15) is 4.79 Å². The molecule has 3 aromatic heterocycles. The van der Waals surface area contributed by atoms with E-state index in [-0.39, 0.29) is 17.9 Å². The summed E-state index contributed by atoms with van der Waals surface area (Å²) in [7, 11) is 1.97.